The molecule has 0 saturated carbocycles. The molecule has 126 valence electrons. The zero-order valence-electron chi connectivity index (χ0n) is 14.5. The lowest BCUT2D eigenvalue weighted by molar-refractivity contribution is -0.150. The molecule has 0 spiro atoms. The third-order valence-electron chi connectivity index (χ3n) is 3.60. The molecule has 1 atom stereocenters. The fraction of sp³-hybridized carbons (Fsp3) is 0.941. The Kier molecular flexibility index (Phi) is 12.7. The summed E-state index contributed by atoms with van der Waals surface area (Å²) in [7, 11) is 0. The summed E-state index contributed by atoms with van der Waals surface area (Å²) in [5.41, 5.74) is -0.561. The van der Waals surface area contributed by atoms with Crippen LogP contribution in [0.15, 0.2) is 0 Å². The lowest BCUT2D eigenvalue weighted by Gasteiger charge is -2.28. The Morgan fingerprint density at radius 3 is 2.24 bits per heavy atom. The van der Waals surface area contributed by atoms with Crippen LogP contribution in [0.4, 0.5) is 0 Å². The average molecular weight is 301 g/mol. The van der Waals surface area contributed by atoms with Gasteiger partial charge in [-0.2, -0.15) is 0 Å². The first kappa shape index (κ1) is 20.4. The monoisotopic (exact) mass is 301 g/mol. The van der Waals surface area contributed by atoms with Crippen LogP contribution in [0.25, 0.3) is 0 Å². The van der Waals surface area contributed by atoms with Crippen LogP contribution < -0.4 is 5.32 Å². The molecule has 0 fully saturated rings. The molecule has 0 aromatic carbocycles. The molecule has 0 aromatic rings. The molecular formula is C17H35NO3. The molecular weight excluding hydrogens is 266 g/mol. The molecule has 0 aliphatic heterocycles. The van der Waals surface area contributed by atoms with Crippen LogP contribution in [0, 0.1) is 0 Å². The first-order valence-electron chi connectivity index (χ1n) is 8.60. The van der Waals surface area contributed by atoms with E-state index in [1.165, 1.54) is 12.8 Å². The van der Waals surface area contributed by atoms with Crippen LogP contribution >= 0.6 is 0 Å². The highest BCUT2D eigenvalue weighted by molar-refractivity contribution is 5.80. The molecule has 0 aliphatic rings. The van der Waals surface area contributed by atoms with E-state index in [1.807, 2.05) is 13.8 Å². The van der Waals surface area contributed by atoms with Gasteiger partial charge in [0.05, 0.1) is 6.61 Å². The summed E-state index contributed by atoms with van der Waals surface area (Å²) in [5, 5.41) is 3.33. The second-order valence-corrected chi connectivity index (χ2v) is 5.76. The maximum absolute atomic E-state index is 12.1. The molecule has 0 amide bonds. The van der Waals surface area contributed by atoms with E-state index in [9.17, 15) is 4.79 Å². The van der Waals surface area contributed by atoms with E-state index in [4.69, 9.17) is 9.47 Å². The maximum atomic E-state index is 12.1. The van der Waals surface area contributed by atoms with Crippen molar-refractivity contribution in [2.24, 2.45) is 0 Å². The fourth-order valence-electron chi connectivity index (χ4n) is 2.19. The Morgan fingerprint density at radius 2 is 1.67 bits per heavy atom. The molecule has 21 heavy (non-hydrogen) atoms. The van der Waals surface area contributed by atoms with Gasteiger partial charge in [-0.3, -0.25) is 4.79 Å². The number of esters is 1. The Bertz CT molecular complexity index is 258. The van der Waals surface area contributed by atoms with Gasteiger partial charge >= 0.3 is 5.97 Å². The third kappa shape index (κ3) is 9.86. The first-order chi connectivity index (χ1) is 10.1. The highest BCUT2D eigenvalue weighted by atomic mass is 16.5. The predicted molar refractivity (Wildman–Crippen MR) is 87.5 cm³/mol. The molecule has 0 bridgehead atoms. The summed E-state index contributed by atoms with van der Waals surface area (Å²) in [6.07, 6.45) is 7.38. The van der Waals surface area contributed by atoms with E-state index < -0.39 is 5.54 Å². The van der Waals surface area contributed by atoms with Crippen molar-refractivity contribution in [3.63, 3.8) is 0 Å². The number of ether oxygens (including phenoxy) is 2. The van der Waals surface area contributed by atoms with Gasteiger partial charge in [0.25, 0.3) is 0 Å². The lowest BCUT2D eigenvalue weighted by Crippen LogP contribution is -2.50. The second kappa shape index (κ2) is 13.1. The van der Waals surface area contributed by atoms with Crippen molar-refractivity contribution in [2.45, 2.75) is 78.2 Å². The van der Waals surface area contributed by atoms with E-state index in [1.54, 1.807) is 0 Å². The molecule has 4 nitrogen and oxygen atoms in total. The van der Waals surface area contributed by atoms with Gasteiger partial charge in [-0.05, 0) is 52.5 Å². The Hall–Kier alpha value is -0.610. The van der Waals surface area contributed by atoms with Crippen LogP contribution in [0.2, 0.25) is 0 Å². The minimum absolute atomic E-state index is 0.137. The van der Waals surface area contributed by atoms with Gasteiger partial charge in [0.15, 0.2) is 0 Å². The molecule has 0 aliphatic carbocycles. The zero-order chi connectivity index (χ0) is 16.0. The number of carbonyl (C=O) groups excluding carboxylic acids is 1. The Morgan fingerprint density at radius 1 is 1.00 bits per heavy atom. The summed E-state index contributed by atoms with van der Waals surface area (Å²) in [4.78, 5) is 12.1. The van der Waals surface area contributed by atoms with Crippen molar-refractivity contribution in [1.29, 1.82) is 0 Å². The smallest absolute Gasteiger partial charge is 0.326 e. The van der Waals surface area contributed by atoms with Crippen molar-refractivity contribution >= 4 is 5.97 Å². The Labute approximate surface area is 131 Å². The van der Waals surface area contributed by atoms with E-state index in [2.05, 4.69) is 19.2 Å². The summed E-state index contributed by atoms with van der Waals surface area (Å²) in [5.74, 6) is -0.137. The van der Waals surface area contributed by atoms with Crippen molar-refractivity contribution < 1.29 is 14.3 Å². The minimum atomic E-state index is -0.561. The maximum Gasteiger partial charge on any atom is 0.326 e. The van der Waals surface area contributed by atoms with Gasteiger partial charge in [-0.25, -0.2) is 0 Å². The highest BCUT2D eigenvalue weighted by Gasteiger charge is 2.33. The van der Waals surface area contributed by atoms with Gasteiger partial charge < -0.3 is 14.8 Å². The largest absolute Gasteiger partial charge is 0.465 e. The second-order valence-electron chi connectivity index (χ2n) is 5.76. The van der Waals surface area contributed by atoms with Crippen molar-refractivity contribution in [3.8, 4) is 0 Å². The summed E-state index contributed by atoms with van der Waals surface area (Å²) < 4.78 is 10.8. The normalized spacial score (nSPS) is 13.9. The number of unbranched alkanes of at least 4 members (excludes halogenated alkanes) is 3. The number of hydrogen-bond donors (Lipinski definition) is 1. The zero-order valence-corrected chi connectivity index (χ0v) is 14.5. The van der Waals surface area contributed by atoms with Crippen molar-refractivity contribution in [1.82, 2.24) is 5.32 Å². The van der Waals surface area contributed by atoms with Crippen LogP contribution in [0.1, 0.15) is 72.6 Å². The van der Waals surface area contributed by atoms with E-state index in [-0.39, 0.29) is 5.97 Å². The number of hydrogen-bond acceptors (Lipinski definition) is 4. The van der Waals surface area contributed by atoms with Crippen LogP contribution in [0.5, 0.6) is 0 Å². The van der Waals surface area contributed by atoms with Crippen LogP contribution in [-0.2, 0) is 14.3 Å². The highest BCUT2D eigenvalue weighted by Crippen LogP contribution is 2.16. The summed E-state index contributed by atoms with van der Waals surface area (Å²) in [6, 6.07) is 0. The topological polar surface area (TPSA) is 47.6 Å². The molecule has 1 unspecified atom stereocenters. The molecule has 1 N–H and O–H groups in total. The van der Waals surface area contributed by atoms with E-state index in [0.717, 1.165) is 51.9 Å². The molecule has 0 aromatic heterocycles. The van der Waals surface area contributed by atoms with Gasteiger partial charge in [0.1, 0.15) is 5.54 Å². The molecule has 0 radical (unpaired) electrons. The van der Waals surface area contributed by atoms with Crippen molar-refractivity contribution in [2.75, 3.05) is 26.4 Å². The minimum Gasteiger partial charge on any atom is -0.465 e. The Balaban J connectivity index is 3.93. The first-order valence-corrected chi connectivity index (χ1v) is 8.60. The SMILES string of the molecule is CCCCCOCCCCC(C)(NCCC)C(=O)OCC. The molecule has 4 heteroatoms. The van der Waals surface area contributed by atoms with Gasteiger partial charge in [-0.15, -0.1) is 0 Å². The van der Waals surface area contributed by atoms with Gasteiger partial charge in [0.2, 0.25) is 0 Å². The number of carbonyl (C=O) groups is 1. The number of nitrogens with one attached hydrogen (secondary N) is 1. The lowest BCUT2D eigenvalue weighted by atomic mass is 9.94. The van der Waals surface area contributed by atoms with Crippen LogP contribution in [-0.4, -0.2) is 37.9 Å². The van der Waals surface area contributed by atoms with Gasteiger partial charge in [0, 0.05) is 13.2 Å². The quantitative estimate of drug-likeness (QED) is 0.393. The van der Waals surface area contributed by atoms with Gasteiger partial charge in [-0.1, -0.05) is 26.7 Å². The van der Waals surface area contributed by atoms with Crippen molar-refractivity contribution in [3.05, 3.63) is 0 Å². The molecule has 0 saturated heterocycles. The van der Waals surface area contributed by atoms with Crippen LogP contribution in [0.3, 0.4) is 0 Å². The van der Waals surface area contributed by atoms with E-state index >= 15 is 0 Å². The predicted octanol–water partition coefficient (Wildman–Crippen LogP) is 3.68. The number of rotatable bonds is 14. The standard InChI is InChI=1S/C17H35NO3/c1-5-8-10-14-20-15-11-9-12-17(4,18-13-6-2)16(19)21-7-3/h18H,5-15H2,1-4H3. The molecule has 0 heterocycles. The summed E-state index contributed by atoms with van der Waals surface area (Å²) in [6.45, 7) is 11.0. The van der Waals surface area contributed by atoms with E-state index in [0.29, 0.717) is 6.61 Å². The molecule has 0 rings (SSSR count). The fourth-order valence-corrected chi connectivity index (χ4v) is 2.19. The summed E-state index contributed by atoms with van der Waals surface area (Å²) >= 11 is 0. The third-order valence-corrected chi connectivity index (χ3v) is 3.60. The average Bonchev–Trinajstić information content (AvgIpc) is 2.48.